The molecule has 1 fully saturated rings. The molecule has 1 aromatic heterocycles. The quantitative estimate of drug-likeness (QED) is 0.851. The van der Waals surface area contributed by atoms with Gasteiger partial charge in [-0.15, -0.1) is 0 Å². The van der Waals surface area contributed by atoms with Crippen molar-refractivity contribution in [3.8, 4) is 0 Å². The number of hydrogen-bond acceptors (Lipinski definition) is 3. The van der Waals surface area contributed by atoms with Gasteiger partial charge < -0.3 is 0 Å². The molecule has 0 unspecified atom stereocenters. The number of benzene rings is 1. The molecule has 0 bridgehead atoms. The topological polar surface area (TPSA) is 47.0 Å². The molecule has 2 aliphatic carbocycles. The van der Waals surface area contributed by atoms with Crippen LogP contribution in [0.4, 0.5) is 4.39 Å². The van der Waals surface area contributed by atoms with E-state index in [9.17, 15) is 12.8 Å². The molecular weight excluding hydrogens is 325 g/mol. The van der Waals surface area contributed by atoms with Crippen LogP contribution in [0, 0.1) is 11.2 Å². The van der Waals surface area contributed by atoms with Crippen molar-refractivity contribution in [2.75, 3.05) is 6.26 Å². The van der Waals surface area contributed by atoms with E-state index in [4.69, 9.17) is 0 Å². The maximum absolute atomic E-state index is 13.2. The zero-order valence-corrected chi connectivity index (χ0v) is 14.0. The van der Waals surface area contributed by atoms with Gasteiger partial charge in [-0.1, -0.05) is 24.3 Å². The molecule has 0 amide bonds. The van der Waals surface area contributed by atoms with Crippen molar-refractivity contribution in [1.82, 2.24) is 4.98 Å². The van der Waals surface area contributed by atoms with Crippen molar-refractivity contribution >= 4 is 21.0 Å². The summed E-state index contributed by atoms with van der Waals surface area (Å²) in [6.45, 7) is 0. The molecule has 3 nitrogen and oxygen atoms in total. The lowest BCUT2D eigenvalue weighted by Crippen LogP contribution is -2.00. The molecule has 24 heavy (non-hydrogen) atoms. The zero-order chi connectivity index (χ0) is 16.9. The maximum Gasteiger partial charge on any atom is 0.192 e. The summed E-state index contributed by atoms with van der Waals surface area (Å²) in [6.07, 6.45) is 9.42. The van der Waals surface area contributed by atoms with E-state index in [1.807, 2.05) is 0 Å². The van der Waals surface area contributed by atoms with Crippen LogP contribution in [0.5, 0.6) is 0 Å². The predicted octanol–water partition coefficient (Wildman–Crippen LogP) is 3.89. The first-order valence-corrected chi connectivity index (χ1v) is 9.64. The highest BCUT2D eigenvalue weighted by molar-refractivity contribution is 7.90. The number of aromatic nitrogens is 1. The van der Waals surface area contributed by atoms with Gasteiger partial charge in [-0.05, 0) is 53.8 Å². The molecule has 4 rings (SSSR count). The lowest BCUT2D eigenvalue weighted by atomic mass is 9.96. The Bertz CT molecular complexity index is 967. The van der Waals surface area contributed by atoms with Crippen LogP contribution in [-0.2, 0) is 9.84 Å². The third-order valence-electron chi connectivity index (χ3n) is 4.56. The Balaban J connectivity index is 1.76. The van der Waals surface area contributed by atoms with E-state index in [1.54, 1.807) is 24.4 Å². The summed E-state index contributed by atoms with van der Waals surface area (Å²) in [6, 6.07) is 9.77. The minimum Gasteiger partial charge on any atom is -0.244 e. The van der Waals surface area contributed by atoms with Crippen LogP contribution in [0.25, 0.3) is 11.1 Å². The fraction of sp³-hybridized carbons (Fsp3) is 0.211. The van der Waals surface area contributed by atoms with Crippen molar-refractivity contribution in [1.29, 1.82) is 0 Å². The number of nitrogens with zero attached hydrogens (tertiary/aromatic N) is 1. The van der Waals surface area contributed by atoms with E-state index in [-0.39, 0.29) is 16.3 Å². The fourth-order valence-corrected chi connectivity index (χ4v) is 3.63. The van der Waals surface area contributed by atoms with Crippen molar-refractivity contribution < 1.29 is 12.8 Å². The van der Waals surface area contributed by atoms with Gasteiger partial charge in [0.15, 0.2) is 14.9 Å². The Hall–Kier alpha value is -2.27. The molecule has 0 N–H and O–H groups in total. The van der Waals surface area contributed by atoms with E-state index in [2.05, 4.69) is 17.1 Å². The summed E-state index contributed by atoms with van der Waals surface area (Å²) in [7, 11) is -3.31. The van der Waals surface area contributed by atoms with Crippen LogP contribution in [0.2, 0.25) is 0 Å². The summed E-state index contributed by atoms with van der Waals surface area (Å²) < 4.78 is 36.4. The highest BCUT2D eigenvalue weighted by atomic mass is 32.2. The molecule has 1 spiro atoms. The van der Waals surface area contributed by atoms with Crippen LogP contribution in [0.15, 0.2) is 59.8 Å². The smallest absolute Gasteiger partial charge is 0.192 e. The predicted molar refractivity (Wildman–Crippen MR) is 91.4 cm³/mol. The van der Waals surface area contributed by atoms with Crippen LogP contribution in [0.1, 0.15) is 24.0 Å². The Kier molecular flexibility index (Phi) is 3.25. The zero-order valence-electron chi connectivity index (χ0n) is 13.2. The highest BCUT2D eigenvalue weighted by Crippen LogP contribution is 2.57. The first-order chi connectivity index (χ1) is 11.4. The van der Waals surface area contributed by atoms with Crippen molar-refractivity contribution in [3.63, 3.8) is 0 Å². The number of allylic oxidation sites excluding steroid dienone is 4. The molecule has 1 saturated carbocycles. The third kappa shape index (κ3) is 2.69. The second-order valence-corrected chi connectivity index (χ2v) is 8.48. The molecule has 2 aromatic rings. The van der Waals surface area contributed by atoms with Gasteiger partial charge in [0.25, 0.3) is 0 Å². The highest BCUT2D eigenvalue weighted by Gasteiger charge is 2.43. The standard InChI is InChI=1S/C19H16FNO2S/c1-24(22,23)18-7-4-14(12-21-18)17-11-19(8-9-19)10-16(17)13-2-5-15(20)6-3-13/h2-7,10-12H,8-9H2,1H3. The minimum absolute atomic E-state index is 0.0679. The molecule has 1 heterocycles. The molecule has 0 aliphatic heterocycles. The van der Waals surface area contributed by atoms with E-state index < -0.39 is 9.84 Å². The number of hydrogen-bond donors (Lipinski definition) is 0. The van der Waals surface area contributed by atoms with E-state index in [0.29, 0.717) is 0 Å². The lowest BCUT2D eigenvalue weighted by Gasteiger charge is -2.10. The normalized spacial score (nSPS) is 18.4. The summed E-state index contributed by atoms with van der Waals surface area (Å²) in [5.74, 6) is -0.261. The molecule has 1 aromatic carbocycles. The van der Waals surface area contributed by atoms with Gasteiger partial charge in [-0.2, -0.15) is 0 Å². The van der Waals surface area contributed by atoms with E-state index in [1.165, 1.54) is 18.2 Å². The van der Waals surface area contributed by atoms with Crippen LogP contribution >= 0.6 is 0 Å². The summed E-state index contributed by atoms with van der Waals surface area (Å²) >= 11 is 0. The minimum atomic E-state index is -3.31. The first kappa shape index (κ1) is 15.3. The summed E-state index contributed by atoms with van der Waals surface area (Å²) in [5, 5.41) is 0.0679. The molecule has 0 saturated heterocycles. The van der Waals surface area contributed by atoms with Crippen molar-refractivity contribution in [3.05, 3.63) is 71.7 Å². The fourth-order valence-electron chi connectivity index (χ4n) is 3.07. The summed E-state index contributed by atoms with van der Waals surface area (Å²) in [4.78, 5) is 4.09. The average Bonchev–Trinajstić information content (AvgIpc) is 3.19. The van der Waals surface area contributed by atoms with Gasteiger partial charge in [0.2, 0.25) is 0 Å². The molecule has 5 heteroatoms. The van der Waals surface area contributed by atoms with Gasteiger partial charge in [-0.3, -0.25) is 0 Å². The monoisotopic (exact) mass is 341 g/mol. The molecule has 0 radical (unpaired) electrons. The van der Waals surface area contributed by atoms with Gasteiger partial charge in [-0.25, -0.2) is 17.8 Å². The second-order valence-electron chi connectivity index (χ2n) is 6.51. The van der Waals surface area contributed by atoms with Crippen molar-refractivity contribution in [2.24, 2.45) is 5.41 Å². The van der Waals surface area contributed by atoms with Gasteiger partial charge in [0.1, 0.15) is 5.82 Å². The number of sulfone groups is 1. The Morgan fingerprint density at radius 3 is 2.04 bits per heavy atom. The molecule has 2 aliphatic rings. The Morgan fingerprint density at radius 1 is 0.958 bits per heavy atom. The third-order valence-corrected chi connectivity index (χ3v) is 5.56. The number of pyridine rings is 1. The van der Waals surface area contributed by atoms with Crippen molar-refractivity contribution in [2.45, 2.75) is 17.9 Å². The van der Waals surface area contributed by atoms with Crippen LogP contribution in [0.3, 0.4) is 0 Å². The summed E-state index contributed by atoms with van der Waals surface area (Å²) in [5.41, 5.74) is 4.03. The van der Waals surface area contributed by atoms with Gasteiger partial charge in [0.05, 0.1) is 0 Å². The largest absolute Gasteiger partial charge is 0.244 e. The lowest BCUT2D eigenvalue weighted by molar-refractivity contribution is 0.598. The Morgan fingerprint density at radius 2 is 1.54 bits per heavy atom. The van der Waals surface area contributed by atoms with Gasteiger partial charge in [0, 0.05) is 23.4 Å². The number of halogens is 1. The van der Waals surface area contributed by atoms with Crippen LogP contribution < -0.4 is 0 Å². The number of rotatable bonds is 3. The SMILES string of the molecule is CS(=O)(=O)c1ccc(C2=CC3(C=C2c2ccc(F)cc2)CC3)cn1. The van der Waals surface area contributed by atoms with E-state index >= 15 is 0 Å². The van der Waals surface area contributed by atoms with Crippen LogP contribution in [-0.4, -0.2) is 19.7 Å². The molecule has 0 atom stereocenters. The maximum atomic E-state index is 13.2. The molecule has 122 valence electrons. The Labute approximate surface area is 140 Å². The van der Waals surface area contributed by atoms with E-state index in [0.717, 1.165) is 41.4 Å². The average molecular weight is 341 g/mol. The van der Waals surface area contributed by atoms with Gasteiger partial charge >= 0.3 is 0 Å². The second kappa shape index (κ2) is 5.11. The molecular formula is C19H16FNO2S. The first-order valence-electron chi connectivity index (χ1n) is 7.75.